The number of allylic oxidation sites excluding steroid dienone is 2. The number of phenolic OH excluding ortho intramolecular Hbond substituents is 1. The maximum absolute atomic E-state index is 12.3. The second-order valence-electron chi connectivity index (χ2n) is 6.05. The van der Waals surface area contributed by atoms with E-state index in [2.05, 4.69) is 19.9 Å². The summed E-state index contributed by atoms with van der Waals surface area (Å²) in [5, 5.41) is 10.4. The van der Waals surface area contributed by atoms with Gasteiger partial charge in [-0.2, -0.15) is 0 Å². The van der Waals surface area contributed by atoms with Crippen LogP contribution in [0.4, 0.5) is 0 Å². The van der Waals surface area contributed by atoms with Crippen LogP contribution in [0.25, 0.3) is 28.0 Å². The van der Waals surface area contributed by atoms with E-state index in [4.69, 9.17) is 17.0 Å². The number of methoxy groups -OCH3 is 1. The number of hydrogen-bond acceptors (Lipinski definition) is 6. The largest absolute Gasteiger partial charge is 0.507 e. The van der Waals surface area contributed by atoms with Gasteiger partial charge in [-0.1, -0.05) is 30.4 Å². The number of ether oxygens (including phenoxy) is 1. The molecule has 1 aliphatic rings. The van der Waals surface area contributed by atoms with E-state index in [9.17, 15) is 9.90 Å². The summed E-state index contributed by atoms with van der Waals surface area (Å²) in [4.78, 5) is 26.9. The van der Waals surface area contributed by atoms with Gasteiger partial charge in [0.15, 0.2) is 15.9 Å². The van der Waals surface area contributed by atoms with E-state index in [-0.39, 0.29) is 27.8 Å². The molecule has 0 saturated carbocycles. The Balaban J connectivity index is 2.09. The van der Waals surface area contributed by atoms with Crippen LogP contribution in [0.1, 0.15) is 12.1 Å². The molecule has 1 aliphatic carbocycles. The van der Waals surface area contributed by atoms with Gasteiger partial charge in [-0.15, -0.1) is 0 Å². The topological polar surface area (TPSA) is 104 Å². The molecule has 136 valence electrons. The van der Waals surface area contributed by atoms with Crippen LogP contribution in [0.5, 0.6) is 5.75 Å². The number of aromatic hydroxyl groups is 1. The summed E-state index contributed by atoms with van der Waals surface area (Å²) in [6, 6.07) is 6.81. The second-order valence-corrected chi connectivity index (χ2v) is 6.46. The van der Waals surface area contributed by atoms with Crippen LogP contribution in [-0.4, -0.2) is 38.3 Å². The highest BCUT2D eigenvalue weighted by atomic mass is 32.1. The summed E-state index contributed by atoms with van der Waals surface area (Å²) >= 11 is 5.05. The average molecular weight is 380 g/mol. The molecule has 3 aromatic rings. The molecule has 0 fully saturated rings. The molecule has 1 aromatic carbocycles. The van der Waals surface area contributed by atoms with Crippen molar-refractivity contribution < 1.29 is 9.84 Å². The number of phenols is 1. The first kappa shape index (κ1) is 17.3. The van der Waals surface area contributed by atoms with Gasteiger partial charge < -0.3 is 14.8 Å². The molecule has 2 heterocycles. The molecule has 1 unspecified atom stereocenters. The number of aromatic amines is 2. The Morgan fingerprint density at radius 1 is 1.22 bits per heavy atom. The molecule has 3 N–H and O–H groups in total. The number of hydrogen-bond donors (Lipinski definition) is 3. The molecule has 27 heavy (non-hydrogen) atoms. The van der Waals surface area contributed by atoms with Crippen LogP contribution < -0.4 is 5.56 Å². The zero-order valence-electron chi connectivity index (χ0n) is 14.4. The van der Waals surface area contributed by atoms with Gasteiger partial charge in [-0.05, 0) is 30.8 Å². The molecule has 0 spiro atoms. The van der Waals surface area contributed by atoms with E-state index >= 15 is 0 Å². The van der Waals surface area contributed by atoms with E-state index in [1.165, 1.54) is 0 Å². The van der Waals surface area contributed by atoms with Gasteiger partial charge in [-0.25, -0.2) is 9.97 Å². The first-order chi connectivity index (χ1) is 13.1. The molecular weight excluding hydrogens is 364 g/mol. The number of rotatable bonds is 3. The Labute approximate surface area is 159 Å². The van der Waals surface area contributed by atoms with Crippen LogP contribution in [0.15, 0.2) is 47.3 Å². The van der Waals surface area contributed by atoms with Crippen LogP contribution in [0, 0.1) is 4.77 Å². The third kappa shape index (κ3) is 3.09. The first-order valence-corrected chi connectivity index (χ1v) is 8.72. The van der Waals surface area contributed by atoms with Crippen LogP contribution in [0.2, 0.25) is 0 Å². The first-order valence-electron chi connectivity index (χ1n) is 8.31. The molecule has 0 bridgehead atoms. The molecule has 1 atom stereocenters. The van der Waals surface area contributed by atoms with Gasteiger partial charge in [0.2, 0.25) is 0 Å². The molecule has 2 aromatic heterocycles. The van der Waals surface area contributed by atoms with Gasteiger partial charge in [0, 0.05) is 18.2 Å². The van der Waals surface area contributed by atoms with Crippen molar-refractivity contribution in [1.29, 1.82) is 0 Å². The van der Waals surface area contributed by atoms with Crippen molar-refractivity contribution in [2.45, 2.75) is 12.5 Å². The third-order valence-electron chi connectivity index (χ3n) is 4.40. The smallest absolute Gasteiger partial charge is 0.279 e. The quantitative estimate of drug-likeness (QED) is 0.603. The Morgan fingerprint density at radius 2 is 2.04 bits per heavy atom. The van der Waals surface area contributed by atoms with Gasteiger partial charge in [0.05, 0.1) is 11.8 Å². The molecule has 0 radical (unpaired) electrons. The maximum Gasteiger partial charge on any atom is 0.279 e. The van der Waals surface area contributed by atoms with Crippen molar-refractivity contribution in [3.8, 4) is 17.0 Å². The predicted molar refractivity (Wildman–Crippen MR) is 105 cm³/mol. The molecular formula is C19H16N4O3S. The molecule has 0 aliphatic heterocycles. The van der Waals surface area contributed by atoms with Crippen molar-refractivity contribution in [2.75, 3.05) is 7.11 Å². The van der Waals surface area contributed by atoms with Crippen molar-refractivity contribution in [2.24, 2.45) is 0 Å². The van der Waals surface area contributed by atoms with Crippen molar-refractivity contribution in [3.05, 3.63) is 63.3 Å². The lowest BCUT2D eigenvalue weighted by Gasteiger charge is -2.21. The summed E-state index contributed by atoms with van der Waals surface area (Å²) in [6.07, 6.45) is 6.30. The summed E-state index contributed by atoms with van der Waals surface area (Å²) in [7, 11) is 1.63. The number of para-hydroxylation sites is 1. The summed E-state index contributed by atoms with van der Waals surface area (Å²) in [5.74, 6) is 0.0496. The van der Waals surface area contributed by atoms with Crippen molar-refractivity contribution in [1.82, 2.24) is 19.9 Å². The molecule has 7 nitrogen and oxygen atoms in total. The highest BCUT2D eigenvalue weighted by molar-refractivity contribution is 7.71. The van der Waals surface area contributed by atoms with Crippen molar-refractivity contribution in [3.63, 3.8) is 0 Å². The summed E-state index contributed by atoms with van der Waals surface area (Å²) < 4.78 is 5.76. The van der Waals surface area contributed by atoms with Gasteiger partial charge in [0.25, 0.3) is 5.56 Å². The Morgan fingerprint density at radius 3 is 2.81 bits per heavy atom. The van der Waals surface area contributed by atoms with Crippen LogP contribution in [0.3, 0.4) is 0 Å². The van der Waals surface area contributed by atoms with Crippen LogP contribution in [-0.2, 0) is 4.74 Å². The van der Waals surface area contributed by atoms with E-state index < -0.39 is 5.56 Å². The highest BCUT2D eigenvalue weighted by Gasteiger charge is 2.24. The Bertz CT molecular complexity index is 1210. The zero-order valence-corrected chi connectivity index (χ0v) is 15.2. The van der Waals surface area contributed by atoms with Gasteiger partial charge >= 0.3 is 0 Å². The number of nitrogens with one attached hydrogen (secondary N) is 2. The predicted octanol–water partition coefficient (Wildman–Crippen LogP) is 3.11. The minimum absolute atomic E-state index is 0.0496. The molecule has 0 saturated heterocycles. The molecule has 4 rings (SSSR count). The summed E-state index contributed by atoms with van der Waals surface area (Å²) in [6.45, 7) is 0. The van der Waals surface area contributed by atoms with Gasteiger partial charge in [-0.3, -0.25) is 9.78 Å². The van der Waals surface area contributed by atoms with E-state index in [0.717, 1.165) is 5.57 Å². The monoisotopic (exact) mass is 380 g/mol. The molecule has 8 heteroatoms. The summed E-state index contributed by atoms with van der Waals surface area (Å²) in [5.41, 5.74) is 2.18. The lowest BCUT2D eigenvalue weighted by Crippen LogP contribution is -2.18. The van der Waals surface area contributed by atoms with E-state index in [1.807, 2.05) is 18.2 Å². The lowest BCUT2D eigenvalue weighted by atomic mass is 9.94. The van der Waals surface area contributed by atoms with Gasteiger partial charge in [0.1, 0.15) is 11.4 Å². The third-order valence-corrected chi connectivity index (χ3v) is 4.60. The fourth-order valence-electron chi connectivity index (χ4n) is 3.11. The highest BCUT2D eigenvalue weighted by Crippen LogP contribution is 2.35. The number of H-pyrrole nitrogens is 2. The fourth-order valence-corrected chi connectivity index (χ4v) is 3.30. The average Bonchev–Trinajstić information content (AvgIpc) is 2.67. The van der Waals surface area contributed by atoms with Crippen molar-refractivity contribution >= 4 is 29.0 Å². The number of fused-ring (bicyclic) bond motifs is 1. The van der Waals surface area contributed by atoms with E-state index in [0.29, 0.717) is 23.4 Å². The number of benzene rings is 1. The minimum atomic E-state index is -0.440. The lowest BCUT2D eigenvalue weighted by molar-refractivity contribution is 0.150. The number of aromatic nitrogens is 4. The Kier molecular flexibility index (Phi) is 4.43. The maximum atomic E-state index is 12.3. The standard InChI is InChI=1S/C19H16N4O3S/c1-26-13-9-5-3-7-11(13)15-14(10-6-2-4-8-12(10)24)20-16-17(21-15)22-19(27)23-18(16)25/h2-8,13,24H,9H2,1H3,(H2,21,22,23,25,27). The number of nitrogens with zero attached hydrogens (tertiary/aromatic N) is 2. The normalized spacial score (nSPS) is 16.5. The van der Waals surface area contributed by atoms with Crippen LogP contribution >= 0.6 is 12.2 Å². The Hall–Kier alpha value is -3.10. The fraction of sp³-hybridized carbons (Fsp3) is 0.158. The molecule has 0 amide bonds. The second kappa shape index (κ2) is 6.90. The SMILES string of the molecule is COC1CC=CC=C1c1nc2[nH]c(=S)[nH]c(=O)c2nc1-c1ccccc1O. The zero-order chi connectivity index (χ0) is 19.0. The van der Waals surface area contributed by atoms with E-state index in [1.54, 1.807) is 31.4 Å². The minimum Gasteiger partial charge on any atom is -0.507 e.